The Morgan fingerprint density at radius 2 is 1.72 bits per heavy atom. The Labute approximate surface area is 210 Å². The summed E-state index contributed by atoms with van der Waals surface area (Å²) in [6.45, 7) is 0. The molecule has 0 spiro atoms. The molecule has 0 aliphatic rings. The molecule has 0 radical (unpaired) electrons. The van der Waals surface area contributed by atoms with E-state index in [2.05, 4.69) is 31.7 Å². The number of rotatable bonds is 6. The molecule has 9 heteroatoms. The van der Waals surface area contributed by atoms with Gasteiger partial charge in [0.25, 0.3) is 0 Å². The summed E-state index contributed by atoms with van der Waals surface area (Å²) in [6.07, 6.45) is 4.57. The topological polar surface area (TPSA) is 86.5 Å². The predicted octanol–water partition coefficient (Wildman–Crippen LogP) is 6.77. The van der Waals surface area contributed by atoms with Crippen LogP contribution in [-0.4, -0.2) is 15.0 Å². The van der Waals surface area contributed by atoms with Crippen LogP contribution in [0.4, 0.5) is 25.8 Å². The maximum atomic E-state index is 13.7. The molecule has 2 N–H and O–H groups in total. The second-order valence-corrected chi connectivity index (χ2v) is 8.31. The molecule has 36 heavy (non-hydrogen) atoms. The average Bonchev–Trinajstić information content (AvgIpc) is 2.90. The van der Waals surface area contributed by atoms with E-state index in [0.717, 1.165) is 5.56 Å². The molecule has 0 saturated carbocycles. The van der Waals surface area contributed by atoms with Crippen LogP contribution >= 0.6 is 11.6 Å². The number of hydrogen-bond acceptors (Lipinski definition) is 6. The van der Waals surface area contributed by atoms with Crippen LogP contribution in [0.1, 0.15) is 22.9 Å². The third-order valence-electron chi connectivity index (χ3n) is 5.59. The first kappa shape index (κ1) is 23.1. The van der Waals surface area contributed by atoms with Gasteiger partial charge in [-0.2, -0.15) is 5.26 Å². The van der Waals surface area contributed by atoms with Crippen molar-refractivity contribution in [3.8, 4) is 6.07 Å². The number of benzene rings is 3. The van der Waals surface area contributed by atoms with Crippen molar-refractivity contribution in [2.45, 2.75) is 6.04 Å². The van der Waals surface area contributed by atoms with Crippen molar-refractivity contribution < 1.29 is 8.78 Å². The second-order valence-electron chi connectivity index (χ2n) is 7.91. The second kappa shape index (κ2) is 9.94. The molecule has 6 nitrogen and oxygen atoms in total. The van der Waals surface area contributed by atoms with E-state index in [-0.39, 0.29) is 10.8 Å². The number of anilines is 3. The van der Waals surface area contributed by atoms with Gasteiger partial charge in [-0.25, -0.2) is 18.7 Å². The molecule has 176 valence electrons. The molecule has 0 aliphatic heterocycles. The lowest BCUT2D eigenvalue weighted by Gasteiger charge is -2.21. The van der Waals surface area contributed by atoms with Gasteiger partial charge in [0.05, 0.1) is 33.5 Å². The molecule has 0 saturated heterocycles. The van der Waals surface area contributed by atoms with Gasteiger partial charge in [-0.1, -0.05) is 23.7 Å². The van der Waals surface area contributed by atoms with Crippen LogP contribution in [0.15, 0.2) is 85.5 Å². The number of hydrogen-bond donors (Lipinski definition) is 2. The third kappa shape index (κ3) is 4.78. The van der Waals surface area contributed by atoms with E-state index in [0.29, 0.717) is 39.2 Å². The van der Waals surface area contributed by atoms with Crippen molar-refractivity contribution in [3.05, 3.63) is 119 Å². The summed E-state index contributed by atoms with van der Waals surface area (Å²) in [5.41, 5.74) is 4.20. The summed E-state index contributed by atoms with van der Waals surface area (Å²) in [5, 5.41) is 17.0. The van der Waals surface area contributed by atoms with E-state index in [1.165, 1.54) is 42.9 Å². The molecular weight excluding hydrogens is 482 g/mol. The van der Waals surface area contributed by atoms with E-state index in [4.69, 9.17) is 11.6 Å². The predicted molar refractivity (Wildman–Crippen MR) is 135 cm³/mol. The molecule has 1 unspecified atom stereocenters. The Hall–Kier alpha value is -4.61. The van der Waals surface area contributed by atoms with Gasteiger partial charge in [-0.05, 0) is 60.2 Å². The number of aromatic nitrogens is 3. The van der Waals surface area contributed by atoms with E-state index in [1.807, 2.05) is 18.2 Å². The molecule has 2 aromatic heterocycles. The minimum Gasteiger partial charge on any atom is -0.373 e. The Kier molecular flexibility index (Phi) is 6.39. The van der Waals surface area contributed by atoms with Gasteiger partial charge in [-0.3, -0.25) is 4.98 Å². The van der Waals surface area contributed by atoms with Crippen LogP contribution in [0.3, 0.4) is 0 Å². The molecule has 1 atom stereocenters. The fourth-order valence-electron chi connectivity index (χ4n) is 3.84. The molecule has 2 heterocycles. The van der Waals surface area contributed by atoms with E-state index in [1.54, 1.807) is 24.4 Å². The van der Waals surface area contributed by atoms with E-state index in [9.17, 15) is 14.0 Å². The van der Waals surface area contributed by atoms with Crippen LogP contribution in [0.5, 0.6) is 0 Å². The van der Waals surface area contributed by atoms with Crippen molar-refractivity contribution in [3.63, 3.8) is 0 Å². The highest BCUT2D eigenvalue weighted by Gasteiger charge is 2.17. The minimum absolute atomic E-state index is 0.0359. The van der Waals surface area contributed by atoms with Crippen LogP contribution in [0, 0.1) is 23.0 Å². The number of nitriles is 1. The van der Waals surface area contributed by atoms with Crippen LogP contribution < -0.4 is 10.6 Å². The summed E-state index contributed by atoms with van der Waals surface area (Å²) >= 11 is 5.94. The molecule has 0 bridgehead atoms. The van der Waals surface area contributed by atoms with Crippen LogP contribution in [0.25, 0.3) is 10.9 Å². The van der Waals surface area contributed by atoms with Crippen molar-refractivity contribution in [2.75, 3.05) is 10.6 Å². The largest absolute Gasteiger partial charge is 0.373 e. The number of halogens is 3. The van der Waals surface area contributed by atoms with Crippen molar-refractivity contribution in [1.29, 1.82) is 5.26 Å². The average molecular weight is 499 g/mol. The highest BCUT2D eigenvalue weighted by Crippen LogP contribution is 2.33. The first-order valence-electron chi connectivity index (χ1n) is 10.8. The van der Waals surface area contributed by atoms with Crippen LogP contribution in [0.2, 0.25) is 5.02 Å². The molecule has 0 fully saturated rings. The SMILES string of the molecule is N#Cc1cnc2ccc(NC(c3ccc(F)cc3)c3ccncn3)cc2c1Nc1ccc(F)c(Cl)c1. The van der Waals surface area contributed by atoms with Crippen LogP contribution in [-0.2, 0) is 0 Å². The minimum atomic E-state index is -0.537. The highest BCUT2D eigenvalue weighted by atomic mass is 35.5. The molecule has 0 aliphatic carbocycles. The first-order valence-corrected chi connectivity index (χ1v) is 11.2. The maximum Gasteiger partial charge on any atom is 0.141 e. The van der Waals surface area contributed by atoms with Gasteiger partial charge < -0.3 is 10.6 Å². The standard InChI is InChI=1S/C27H17ClF2N6/c28-22-12-20(5-7-23(22)30)35-26-17(13-31)14-33-24-8-6-19(11-21(24)26)36-27(25-9-10-32-15-34-25)16-1-3-18(29)4-2-16/h1-12,14-15,27,36H,(H,33,35). The number of nitrogens with one attached hydrogen (secondary N) is 2. The Bertz CT molecular complexity index is 1590. The fourth-order valence-corrected chi connectivity index (χ4v) is 4.02. The lowest BCUT2D eigenvalue weighted by molar-refractivity contribution is 0.626. The highest BCUT2D eigenvalue weighted by molar-refractivity contribution is 6.31. The summed E-state index contributed by atoms with van der Waals surface area (Å²) in [7, 11) is 0. The van der Waals surface area contributed by atoms with Crippen molar-refractivity contribution in [2.24, 2.45) is 0 Å². The molecule has 5 aromatic rings. The zero-order valence-corrected chi connectivity index (χ0v) is 19.3. The summed E-state index contributed by atoms with van der Waals surface area (Å²) in [5.74, 6) is -0.872. The Morgan fingerprint density at radius 1 is 0.917 bits per heavy atom. The zero-order valence-electron chi connectivity index (χ0n) is 18.6. The Balaban J connectivity index is 1.58. The van der Waals surface area contributed by atoms with E-state index >= 15 is 0 Å². The van der Waals surface area contributed by atoms with Gasteiger partial charge in [0.2, 0.25) is 0 Å². The summed E-state index contributed by atoms with van der Waals surface area (Å²) in [4.78, 5) is 12.8. The lowest BCUT2D eigenvalue weighted by Crippen LogP contribution is -2.14. The lowest BCUT2D eigenvalue weighted by atomic mass is 10.0. The van der Waals surface area contributed by atoms with Gasteiger partial charge in [0.1, 0.15) is 24.0 Å². The Morgan fingerprint density at radius 3 is 2.44 bits per heavy atom. The smallest absolute Gasteiger partial charge is 0.141 e. The van der Waals surface area contributed by atoms with Gasteiger partial charge in [0, 0.05) is 29.2 Å². The van der Waals surface area contributed by atoms with Gasteiger partial charge in [0.15, 0.2) is 0 Å². The van der Waals surface area contributed by atoms with Gasteiger partial charge in [-0.15, -0.1) is 0 Å². The number of fused-ring (bicyclic) bond motifs is 1. The molecule has 0 amide bonds. The van der Waals surface area contributed by atoms with Crippen molar-refractivity contribution in [1.82, 2.24) is 15.0 Å². The maximum absolute atomic E-state index is 13.7. The normalized spacial score (nSPS) is 11.6. The summed E-state index contributed by atoms with van der Waals surface area (Å²) < 4.78 is 27.2. The monoisotopic (exact) mass is 498 g/mol. The first-order chi connectivity index (χ1) is 17.5. The molecular formula is C27H17ClF2N6. The molecule has 5 rings (SSSR count). The fraction of sp³-hybridized carbons (Fsp3) is 0.0370. The number of nitrogens with zero attached hydrogens (tertiary/aromatic N) is 4. The van der Waals surface area contributed by atoms with Crippen molar-refractivity contribution >= 4 is 39.6 Å². The quantitative estimate of drug-likeness (QED) is 0.268. The molecule has 3 aromatic carbocycles. The van der Waals surface area contributed by atoms with E-state index < -0.39 is 11.9 Å². The zero-order chi connectivity index (χ0) is 25.1. The number of pyridine rings is 1. The third-order valence-corrected chi connectivity index (χ3v) is 5.88. The van der Waals surface area contributed by atoms with Gasteiger partial charge >= 0.3 is 0 Å². The summed E-state index contributed by atoms with van der Waals surface area (Å²) in [6, 6.07) is 19.5.